The lowest BCUT2D eigenvalue weighted by molar-refractivity contribution is -0.143. The largest absolute Gasteiger partial charge is 0.416 e. The van der Waals surface area contributed by atoms with Gasteiger partial charge in [0.15, 0.2) is 0 Å². The average Bonchev–Trinajstić information content (AvgIpc) is 2.23. The zero-order valence-corrected chi connectivity index (χ0v) is 11.0. The monoisotopic (exact) mass is 338 g/mol. The third-order valence-electron chi connectivity index (χ3n) is 2.35. The van der Waals surface area contributed by atoms with E-state index in [9.17, 15) is 34.8 Å². The van der Waals surface area contributed by atoms with Crippen molar-refractivity contribution in [1.82, 2.24) is 0 Å². The molecule has 0 aliphatic carbocycles. The Bertz CT molecular complexity index is 587. The molecule has 0 fully saturated rings. The van der Waals surface area contributed by atoms with E-state index in [-0.39, 0.29) is 6.07 Å². The summed E-state index contributed by atoms with van der Waals surface area (Å²) in [5, 5.41) is 0. The molecule has 0 heterocycles. The van der Waals surface area contributed by atoms with Crippen LogP contribution in [0.25, 0.3) is 0 Å². The van der Waals surface area contributed by atoms with Gasteiger partial charge in [-0.3, -0.25) is 4.55 Å². The van der Waals surface area contributed by atoms with Gasteiger partial charge in [-0.25, -0.2) is 4.18 Å². The lowest BCUT2D eigenvalue weighted by Crippen LogP contribution is -2.14. The molecule has 1 N–H and O–H groups in total. The van der Waals surface area contributed by atoms with Crippen molar-refractivity contribution in [2.24, 2.45) is 0 Å². The molecule has 0 aliphatic rings. The van der Waals surface area contributed by atoms with Crippen LogP contribution in [0.2, 0.25) is 0 Å². The van der Waals surface area contributed by atoms with Gasteiger partial charge in [-0.2, -0.15) is 34.8 Å². The lowest BCUT2D eigenvalue weighted by Gasteiger charge is -2.17. The van der Waals surface area contributed by atoms with Crippen molar-refractivity contribution in [3.05, 3.63) is 34.9 Å². The molecule has 0 saturated carbocycles. The quantitative estimate of drug-likeness (QED) is 0.676. The highest BCUT2D eigenvalue weighted by atomic mass is 32.3. The highest BCUT2D eigenvalue weighted by molar-refractivity contribution is 7.80. The van der Waals surface area contributed by atoms with Crippen molar-refractivity contribution < 1.29 is 43.5 Å². The topological polar surface area (TPSA) is 63.6 Å². The Morgan fingerprint density at radius 1 is 1.00 bits per heavy atom. The second kappa shape index (κ2) is 5.46. The third-order valence-corrected chi connectivity index (χ3v) is 2.88. The molecule has 0 amide bonds. The molecule has 0 aromatic heterocycles. The first-order valence-electron chi connectivity index (χ1n) is 5.15. The fraction of sp³-hybridized carbons (Fsp3) is 0.400. The summed E-state index contributed by atoms with van der Waals surface area (Å²) in [4.78, 5) is 0. The maximum atomic E-state index is 12.6. The number of benzene rings is 1. The molecule has 11 heteroatoms. The molecule has 0 saturated heterocycles. The summed E-state index contributed by atoms with van der Waals surface area (Å²) in [6.07, 6.45) is -11.9. The fourth-order valence-corrected chi connectivity index (χ4v) is 1.93. The normalized spacial score (nSPS) is 15.0. The van der Waals surface area contributed by atoms with Crippen molar-refractivity contribution in [1.29, 1.82) is 0 Å². The van der Waals surface area contributed by atoms with Crippen LogP contribution < -0.4 is 0 Å². The van der Waals surface area contributed by atoms with E-state index in [1.165, 1.54) is 0 Å². The van der Waals surface area contributed by atoms with Gasteiger partial charge in [-0.1, -0.05) is 0 Å². The maximum Gasteiger partial charge on any atom is 0.416 e. The van der Waals surface area contributed by atoms with Gasteiger partial charge < -0.3 is 0 Å². The van der Waals surface area contributed by atoms with E-state index in [0.717, 1.165) is 6.92 Å². The molecule has 1 aromatic rings. The van der Waals surface area contributed by atoms with Crippen LogP contribution in [0.15, 0.2) is 18.2 Å². The first kappa shape index (κ1) is 17.7. The van der Waals surface area contributed by atoms with Gasteiger partial charge >= 0.3 is 22.8 Å². The number of hydrogen-bond acceptors (Lipinski definition) is 3. The molecule has 0 unspecified atom stereocenters. The van der Waals surface area contributed by atoms with Gasteiger partial charge in [-0.15, -0.1) is 0 Å². The molecule has 0 spiro atoms. The van der Waals surface area contributed by atoms with Gasteiger partial charge in [0.25, 0.3) is 0 Å². The number of halogens is 6. The van der Waals surface area contributed by atoms with E-state index in [4.69, 9.17) is 4.55 Å². The lowest BCUT2D eigenvalue weighted by atomic mass is 10.0. The maximum absolute atomic E-state index is 12.6. The van der Waals surface area contributed by atoms with E-state index in [2.05, 4.69) is 4.18 Å². The number of rotatable bonds is 3. The fourth-order valence-electron chi connectivity index (χ4n) is 1.45. The molecule has 0 bridgehead atoms. The second-order valence-corrected chi connectivity index (χ2v) is 5.05. The van der Waals surface area contributed by atoms with Crippen LogP contribution in [0, 0.1) is 0 Å². The van der Waals surface area contributed by atoms with Crippen molar-refractivity contribution in [2.75, 3.05) is 0 Å². The van der Waals surface area contributed by atoms with Gasteiger partial charge in [0.05, 0.1) is 11.1 Å². The Hall–Kier alpha value is -1.33. The zero-order chi connectivity index (χ0) is 16.6. The van der Waals surface area contributed by atoms with Crippen LogP contribution in [0.5, 0.6) is 0 Å². The minimum Gasteiger partial charge on any atom is -0.264 e. The van der Waals surface area contributed by atoms with E-state index in [1.807, 2.05) is 0 Å². The predicted octanol–water partition coefficient (Wildman–Crippen LogP) is 3.60. The molecule has 21 heavy (non-hydrogen) atoms. The zero-order valence-electron chi connectivity index (χ0n) is 10.2. The smallest absolute Gasteiger partial charge is 0.264 e. The molecule has 0 aliphatic heterocycles. The predicted molar refractivity (Wildman–Crippen MR) is 57.5 cm³/mol. The first-order valence-corrected chi connectivity index (χ1v) is 6.52. The van der Waals surface area contributed by atoms with Gasteiger partial charge in [0.1, 0.15) is 6.10 Å². The Balaban J connectivity index is 3.39. The summed E-state index contributed by atoms with van der Waals surface area (Å²) in [6, 6.07) is 0.514. The standard InChI is InChI=1S/C10H8F6O4S/c1-5(20-21(17,18)19)6-2-7(9(11,12)13)4-8(3-6)10(14,15)16/h2-5H,1H3,(H,17,18,19)/t5-/m0/s1. The summed E-state index contributed by atoms with van der Waals surface area (Å²) in [5.74, 6) is 0. The Kier molecular flexibility index (Phi) is 4.61. The molecule has 1 rings (SSSR count). The SMILES string of the molecule is C[C@H](OS(=O)(=O)O)c1cc(C(F)(F)F)cc(C(F)(F)F)c1. The summed E-state index contributed by atoms with van der Waals surface area (Å²) in [7, 11) is -5.03. The number of hydrogen-bond donors (Lipinski definition) is 1. The number of alkyl halides is 6. The van der Waals surface area contributed by atoms with Gasteiger partial charge in [0, 0.05) is 0 Å². The summed E-state index contributed by atoms with van der Waals surface area (Å²) in [6.45, 7) is 0.878. The van der Waals surface area contributed by atoms with Crippen LogP contribution in [0.1, 0.15) is 29.7 Å². The van der Waals surface area contributed by atoms with Gasteiger partial charge in [0.2, 0.25) is 0 Å². The van der Waals surface area contributed by atoms with E-state index in [0.29, 0.717) is 12.1 Å². The molecule has 0 radical (unpaired) electrons. The highest BCUT2D eigenvalue weighted by Gasteiger charge is 2.37. The summed E-state index contributed by atoms with van der Waals surface area (Å²) in [5.41, 5.74) is -3.92. The summed E-state index contributed by atoms with van der Waals surface area (Å²) >= 11 is 0. The van der Waals surface area contributed by atoms with Crippen molar-refractivity contribution in [2.45, 2.75) is 25.4 Å². The molecule has 4 nitrogen and oxygen atoms in total. The Labute approximate surface area is 115 Å². The second-order valence-electron chi connectivity index (χ2n) is 4.01. The van der Waals surface area contributed by atoms with Crippen LogP contribution in [0.4, 0.5) is 26.3 Å². The molecule has 120 valence electrons. The summed E-state index contributed by atoms with van der Waals surface area (Å²) < 4.78 is 109. The molecular formula is C10H8F6O4S. The third kappa shape index (κ3) is 5.17. The minimum absolute atomic E-state index is 0.107. The van der Waals surface area contributed by atoms with Crippen LogP contribution in [-0.4, -0.2) is 13.0 Å². The molecular weight excluding hydrogens is 330 g/mol. The first-order chi connectivity index (χ1) is 9.20. The van der Waals surface area contributed by atoms with E-state index < -0.39 is 45.5 Å². The Morgan fingerprint density at radius 2 is 1.38 bits per heavy atom. The average molecular weight is 338 g/mol. The van der Waals surface area contributed by atoms with Crippen molar-refractivity contribution in [3.8, 4) is 0 Å². The highest BCUT2D eigenvalue weighted by Crippen LogP contribution is 2.37. The van der Waals surface area contributed by atoms with Crippen molar-refractivity contribution in [3.63, 3.8) is 0 Å². The van der Waals surface area contributed by atoms with Crippen LogP contribution in [-0.2, 0) is 26.9 Å². The van der Waals surface area contributed by atoms with E-state index in [1.54, 1.807) is 0 Å². The van der Waals surface area contributed by atoms with E-state index >= 15 is 0 Å². The Morgan fingerprint density at radius 3 is 1.67 bits per heavy atom. The van der Waals surface area contributed by atoms with Crippen LogP contribution >= 0.6 is 0 Å². The minimum atomic E-state index is -5.06. The molecule has 1 atom stereocenters. The van der Waals surface area contributed by atoms with Crippen molar-refractivity contribution >= 4 is 10.4 Å². The van der Waals surface area contributed by atoms with Crippen LogP contribution in [0.3, 0.4) is 0 Å². The van der Waals surface area contributed by atoms with Gasteiger partial charge in [-0.05, 0) is 30.7 Å². The molecule has 1 aromatic carbocycles.